The fraction of sp³-hybridized carbons (Fsp3) is 0.957. The van der Waals surface area contributed by atoms with Crippen molar-refractivity contribution in [2.75, 3.05) is 27.2 Å². The summed E-state index contributed by atoms with van der Waals surface area (Å²) in [7, 11) is 3.66. The minimum Gasteiger partial charge on any atom is -0.465 e. The molecule has 0 radical (unpaired) electrons. The Labute approximate surface area is 170 Å². The summed E-state index contributed by atoms with van der Waals surface area (Å²) in [5, 5.41) is 11.8. The molecule has 4 heteroatoms. The zero-order valence-electron chi connectivity index (χ0n) is 19.0. The van der Waals surface area contributed by atoms with Crippen molar-refractivity contribution in [3.63, 3.8) is 0 Å². The van der Waals surface area contributed by atoms with E-state index < -0.39 is 6.09 Å². The number of rotatable bonds is 18. The van der Waals surface area contributed by atoms with Crippen LogP contribution < -0.4 is 5.32 Å². The van der Waals surface area contributed by atoms with Crippen LogP contribution >= 0.6 is 0 Å². The maximum absolute atomic E-state index is 10.5. The zero-order chi connectivity index (χ0) is 20.6. The molecule has 0 aliphatic carbocycles. The molecule has 1 amide bonds. The first-order valence-corrected chi connectivity index (χ1v) is 11.7. The predicted octanol–water partition coefficient (Wildman–Crippen LogP) is 7.08. The number of carbonyl (C=O) groups is 1. The Bertz CT molecular complexity index is 276. The van der Waals surface area contributed by atoms with Gasteiger partial charge < -0.3 is 15.3 Å². The molecule has 0 saturated carbocycles. The zero-order valence-corrected chi connectivity index (χ0v) is 19.0. The van der Waals surface area contributed by atoms with Gasteiger partial charge in [-0.2, -0.15) is 0 Å². The minimum absolute atomic E-state index is 0.671. The molecule has 0 fully saturated rings. The molecular formula is C23H50N2O2. The lowest BCUT2D eigenvalue weighted by Crippen LogP contribution is -2.25. The molecule has 2 N–H and O–H groups in total. The normalized spacial score (nSPS) is 10.4. The Balaban J connectivity index is 0. The van der Waals surface area contributed by atoms with Crippen molar-refractivity contribution in [2.24, 2.45) is 0 Å². The van der Waals surface area contributed by atoms with E-state index >= 15 is 0 Å². The molecular weight excluding hydrogens is 336 g/mol. The van der Waals surface area contributed by atoms with Crippen molar-refractivity contribution < 1.29 is 9.90 Å². The molecule has 0 aromatic rings. The van der Waals surface area contributed by atoms with Gasteiger partial charge in [0, 0.05) is 13.6 Å². The molecule has 0 saturated heterocycles. The Kier molecular flexibility index (Phi) is 26.6. The average molecular weight is 387 g/mol. The quantitative estimate of drug-likeness (QED) is 0.247. The molecule has 0 atom stereocenters. The molecule has 0 aliphatic rings. The van der Waals surface area contributed by atoms with Gasteiger partial charge in [-0.25, -0.2) is 4.79 Å². The average Bonchev–Trinajstić information content (AvgIpc) is 2.66. The highest BCUT2D eigenvalue weighted by atomic mass is 16.4. The summed E-state index contributed by atoms with van der Waals surface area (Å²) in [6.07, 6.45) is 20.5. The van der Waals surface area contributed by atoms with Gasteiger partial charge in [0.2, 0.25) is 0 Å². The van der Waals surface area contributed by atoms with E-state index in [1.807, 2.05) is 7.05 Å². The first-order chi connectivity index (χ1) is 13.1. The van der Waals surface area contributed by atoms with Gasteiger partial charge in [0.05, 0.1) is 0 Å². The molecule has 164 valence electrons. The summed E-state index contributed by atoms with van der Waals surface area (Å²) >= 11 is 0. The van der Waals surface area contributed by atoms with Crippen molar-refractivity contribution in [2.45, 2.75) is 117 Å². The standard InChI is InChI=1S/C12H25NO2.C11H25N/c1-3-4-5-6-7-8-9-10-11-13(2)12(14)15;1-3-4-5-6-7-8-9-10-11-12-2/h3-11H2,1-2H3,(H,14,15);12H,3-11H2,1-2H3. The van der Waals surface area contributed by atoms with Crippen LogP contribution in [0, 0.1) is 0 Å². The van der Waals surface area contributed by atoms with Gasteiger partial charge in [-0.3, -0.25) is 0 Å². The van der Waals surface area contributed by atoms with Gasteiger partial charge in [-0.15, -0.1) is 0 Å². The first kappa shape index (κ1) is 28.4. The van der Waals surface area contributed by atoms with Crippen LogP contribution in [0.25, 0.3) is 0 Å². The lowest BCUT2D eigenvalue weighted by Gasteiger charge is -2.11. The lowest BCUT2D eigenvalue weighted by atomic mass is 10.1. The number of nitrogens with one attached hydrogen (secondary N) is 1. The van der Waals surface area contributed by atoms with Gasteiger partial charge in [0.15, 0.2) is 0 Å². The highest BCUT2D eigenvalue weighted by Gasteiger charge is 2.03. The topological polar surface area (TPSA) is 52.6 Å². The van der Waals surface area contributed by atoms with Crippen LogP contribution in [0.3, 0.4) is 0 Å². The number of amides is 1. The molecule has 27 heavy (non-hydrogen) atoms. The highest BCUT2D eigenvalue weighted by Crippen LogP contribution is 2.09. The van der Waals surface area contributed by atoms with Crippen LogP contribution in [0.4, 0.5) is 4.79 Å². The second-order valence-corrected chi connectivity index (χ2v) is 7.76. The molecule has 0 aliphatic heterocycles. The maximum atomic E-state index is 10.5. The Hall–Kier alpha value is -0.770. The van der Waals surface area contributed by atoms with Crippen LogP contribution in [0.1, 0.15) is 117 Å². The van der Waals surface area contributed by atoms with Crippen LogP contribution in [-0.4, -0.2) is 43.3 Å². The fourth-order valence-corrected chi connectivity index (χ4v) is 3.01. The summed E-state index contributed by atoms with van der Waals surface area (Å²) in [5.74, 6) is 0. The van der Waals surface area contributed by atoms with Gasteiger partial charge in [-0.1, -0.05) is 104 Å². The smallest absolute Gasteiger partial charge is 0.407 e. The van der Waals surface area contributed by atoms with E-state index in [0.717, 1.165) is 12.8 Å². The first-order valence-electron chi connectivity index (χ1n) is 11.7. The molecule has 4 nitrogen and oxygen atoms in total. The van der Waals surface area contributed by atoms with Crippen molar-refractivity contribution in [3.8, 4) is 0 Å². The van der Waals surface area contributed by atoms with E-state index in [1.165, 1.54) is 101 Å². The van der Waals surface area contributed by atoms with E-state index in [4.69, 9.17) is 5.11 Å². The summed E-state index contributed by atoms with van der Waals surface area (Å²) < 4.78 is 0. The van der Waals surface area contributed by atoms with E-state index in [1.54, 1.807) is 7.05 Å². The number of hydrogen-bond acceptors (Lipinski definition) is 2. The molecule has 0 spiro atoms. The summed E-state index contributed by atoms with van der Waals surface area (Å²) in [4.78, 5) is 11.8. The summed E-state index contributed by atoms with van der Waals surface area (Å²) in [6, 6.07) is 0. The number of nitrogens with zero attached hydrogens (tertiary/aromatic N) is 1. The van der Waals surface area contributed by atoms with E-state index in [2.05, 4.69) is 19.2 Å². The SMILES string of the molecule is CCCCCCCCCCN(C)C(=O)O.CCCCCCCCCCNC. The van der Waals surface area contributed by atoms with Gasteiger partial charge >= 0.3 is 6.09 Å². The highest BCUT2D eigenvalue weighted by molar-refractivity contribution is 5.64. The number of unbranched alkanes of at least 4 members (excludes halogenated alkanes) is 14. The van der Waals surface area contributed by atoms with E-state index in [9.17, 15) is 4.79 Å². The number of hydrogen-bond donors (Lipinski definition) is 2. The van der Waals surface area contributed by atoms with Crippen molar-refractivity contribution in [3.05, 3.63) is 0 Å². The summed E-state index contributed by atoms with van der Waals surface area (Å²) in [5.41, 5.74) is 0. The molecule has 0 aromatic heterocycles. The third-order valence-corrected chi connectivity index (χ3v) is 4.95. The molecule has 0 rings (SSSR count). The predicted molar refractivity (Wildman–Crippen MR) is 120 cm³/mol. The second kappa shape index (κ2) is 25.2. The fourth-order valence-electron chi connectivity index (χ4n) is 3.01. The largest absolute Gasteiger partial charge is 0.465 e. The Morgan fingerprint density at radius 1 is 0.704 bits per heavy atom. The van der Waals surface area contributed by atoms with Gasteiger partial charge in [0.1, 0.15) is 0 Å². The van der Waals surface area contributed by atoms with Gasteiger partial charge in [0.25, 0.3) is 0 Å². The monoisotopic (exact) mass is 386 g/mol. The van der Waals surface area contributed by atoms with Gasteiger partial charge in [-0.05, 0) is 26.4 Å². The van der Waals surface area contributed by atoms with Crippen LogP contribution in [0.2, 0.25) is 0 Å². The minimum atomic E-state index is -0.821. The van der Waals surface area contributed by atoms with Crippen LogP contribution in [0.15, 0.2) is 0 Å². The van der Waals surface area contributed by atoms with E-state index in [-0.39, 0.29) is 0 Å². The summed E-state index contributed by atoms with van der Waals surface area (Å²) in [6.45, 7) is 6.36. The van der Waals surface area contributed by atoms with Crippen LogP contribution in [0.5, 0.6) is 0 Å². The second-order valence-electron chi connectivity index (χ2n) is 7.76. The lowest BCUT2D eigenvalue weighted by molar-refractivity contribution is 0.155. The van der Waals surface area contributed by atoms with Crippen molar-refractivity contribution in [1.82, 2.24) is 10.2 Å². The Morgan fingerprint density at radius 2 is 1.07 bits per heavy atom. The molecule has 0 heterocycles. The third kappa shape index (κ3) is 27.6. The number of carboxylic acid groups (broad SMARTS) is 1. The third-order valence-electron chi connectivity index (χ3n) is 4.95. The van der Waals surface area contributed by atoms with Crippen molar-refractivity contribution >= 4 is 6.09 Å². The maximum Gasteiger partial charge on any atom is 0.407 e. The molecule has 0 bridgehead atoms. The molecule has 0 unspecified atom stereocenters. The van der Waals surface area contributed by atoms with E-state index in [0.29, 0.717) is 6.54 Å². The van der Waals surface area contributed by atoms with Crippen molar-refractivity contribution in [1.29, 1.82) is 0 Å². The van der Waals surface area contributed by atoms with Crippen LogP contribution in [-0.2, 0) is 0 Å². The Morgan fingerprint density at radius 3 is 1.44 bits per heavy atom. The molecule has 0 aromatic carbocycles.